The number of alkyl halides is 2. The molecule has 19 heavy (non-hydrogen) atoms. The van der Waals surface area contributed by atoms with Crippen molar-refractivity contribution in [2.24, 2.45) is 11.1 Å². The number of nitrogens with two attached hydrogens (primary N) is 1. The van der Waals surface area contributed by atoms with Gasteiger partial charge in [0.1, 0.15) is 6.04 Å². The first-order chi connectivity index (χ1) is 8.90. The largest absolute Gasteiger partial charge is 0.480 e. The summed E-state index contributed by atoms with van der Waals surface area (Å²) in [5.41, 5.74) is 5.78. The van der Waals surface area contributed by atoms with Crippen LogP contribution < -0.4 is 5.73 Å². The van der Waals surface area contributed by atoms with Gasteiger partial charge in [-0.25, -0.2) is 8.78 Å². The number of rotatable bonds is 4. The third-order valence-electron chi connectivity index (χ3n) is 4.76. The number of carboxylic acids is 1. The number of benzene rings is 1. The van der Waals surface area contributed by atoms with Gasteiger partial charge < -0.3 is 10.8 Å². The molecule has 3 aliphatic rings. The number of hydrogen-bond donors (Lipinski definition) is 2. The van der Waals surface area contributed by atoms with Crippen LogP contribution in [-0.2, 0) is 10.2 Å². The fourth-order valence-corrected chi connectivity index (χ4v) is 3.91. The maximum absolute atomic E-state index is 13.0. The van der Waals surface area contributed by atoms with Gasteiger partial charge in [0, 0.05) is 5.56 Å². The molecule has 3 saturated carbocycles. The van der Waals surface area contributed by atoms with E-state index in [-0.39, 0.29) is 16.4 Å². The van der Waals surface area contributed by atoms with Crippen molar-refractivity contribution in [2.45, 2.75) is 37.1 Å². The molecule has 102 valence electrons. The zero-order chi connectivity index (χ0) is 13.8. The lowest BCUT2D eigenvalue weighted by Crippen LogP contribution is -2.72. The molecular formula is C14H15F2NO2. The minimum atomic E-state index is -2.49. The molecule has 0 heterocycles. The molecule has 4 rings (SSSR count). The van der Waals surface area contributed by atoms with Crippen LogP contribution in [-0.4, -0.2) is 17.1 Å². The van der Waals surface area contributed by atoms with E-state index in [1.165, 1.54) is 6.07 Å². The molecule has 3 nitrogen and oxygen atoms in total. The van der Waals surface area contributed by atoms with E-state index in [2.05, 4.69) is 0 Å². The van der Waals surface area contributed by atoms with E-state index in [9.17, 15) is 13.6 Å². The highest BCUT2D eigenvalue weighted by Crippen LogP contribution is 2.75. The molecule has 0 saturated heterocycles. The second-order valence-corrected chi connectivity index (χ2v) is 5.88. The van der Waals surface area contributed by atoms with Gasteiger partial charge in [0.2, 0.25) is 0 Å². The lowest BCUT2D eigenvalue weighted by Gasteiger charge is -2.72. The topological polar surface area (TPSA) is 63.3 Å². The van der Waals surface area contributed by atoms with E-state index in [4.69, 9.17) is 10.8 Å². The smallest absolute Gasteiger partial charge is 0.321 e. The molecule has 1 atom stereocenters. The molecule has 0 spiro atoms. The first-order valence-corrected chi connectivity index (χ1v) is 6.26. The summed E-state index contributed by atoms with van der Waals surface area (Å²) >= 11 is 0. The van der Waals surface area contributed by atoms with Crippen molar-refractivity contribution in [2.75, 3.05) is 0 Å². The molecule has 2 bridgehead atoms. The summed E-state index contributed by atoms with van der Waals surface area (Å²) in [4.78, 5) is 10.9. The Labute approximate surface area is 109 Å². The van der Waals surface area contributed by atoms with Crippen LogP contribution in [0.15, 0.2) is 24.3 Å². The van der Waals surface area contributed by atoms with E-state index in [1.54, 1.807) is 18.2 Å². The van der Waals surface area contributed by atoms with E-state index in [0.717, 1.165) is 0 Å². The molecule has 1 aromatic rings. The van der Waals surface area contributed by atoms with Crippen LogP contribution in [0.1, 0.15) is 36.8 Å². The van der Waals surface area contributed by atoms with Crippen molar-refractivity contribution in [1.82, 2.24) is 0 Å². The second kappa shape index (κ2) is 3.76. The van der Waals surface area contributed by atoms with Gasteiger partial charge in [0.15, 0.2) is 0 Å². The van der Waals surface area contributed by atoms with Gasteiger partial charge in [0.05, 0.1) is 0 Å². The zero-order valence-electron chi connectivity index (χ0n) is 10.3. The Morgan fingerprint density at radius 3 is 2.37 bits per heavy atom. The number of carboxylic acid groups (broad SMARTS) is 1. The molecule has 3 fully saturated rings. The quantitative estimate of drug-likeness (QED) is 0.880. The summed E-state index contributed by atoms with van der Waals surface area (Å²) in [5.74, 6) is -1.00. The Morgan fingerprint density at radius 2 is 1.84 bits per heavy atom. The maximum atomic E-state index is 13.0. The van der Waals surface area contributed by atoms with Gasteiger partial charge in [-0.05, 0) is 35.7 Å². The molecule has 5 heteroatoms. The second-order valence-electron chi connectivity index (χ2n) is 5.88. The summed E-state index contributed by atoms with van der Waals surface area (Å²) in [6.45, 7) is 0. The highest BCUT2D eigenvalue weighted by Gasteiger charge is 2.72. The molecule has 0 aliphatic heterocycles. The predicted octanol–water partition coefficient (Wildman–Crippen LogP) is 2.46. The lowest BCUT2D eigenvalue weighted by atomic mass is 9.31. The van der Waals surface area contributed by atoms with Crippen LogP contribution in [0.5, 0.6) is 0 Å². The van der Waals surface area contributed by atoms with Gasteiger partial charge in [-0.3, -0.25) is 4.79 Å². The Hall–Kier alpha value is -1.49. The summed E-state index contributed by atoms with van der Waals surface area (Å²) in [7, 11) is 0. The Bertz CT molecular complexity index is 524. The Kier molecular flexibility index (Phi) is 2.48. The first kappa shape index (κ1) is 12.5. The zero-order valence-corrected chi connectivity index (χ0v) is 10.3. The van der Waals surface area contributed by atoms with E-state index < -0.39 is 18.4 Å². The summed E-state index contributed by atoms with van der Waals surface area (Å²) in [6, 6.07) is 5.66. The molecule has 1 unspecified atom stereocenters. The fourth-order valence-electron chi connectivity index (χ4n) is 3.91. The minimum Gasteiger partial charge on any atom is -0.480 e. The molecule has 3 aliphatic carbocycles. The third-order valence-corrected chi connectivity index (χ3v) is 4.76. The van der Waals surface area contributed by atoms with Gasteiger partial charge in [-0.2, -0.15) is 0 Å². The van der Waals surface area contributed by atoms with Crippen molar-refractivity contribution in [3.8, 4) is 0 Å². The molecule has 1 aromatic carbocycles. The minimum absolute atomic E-state index is 0.0692. The molecule has 0 radical (unpaired) electrons. The number of halogens is 2. The standard InChI is InChI=1S/C14H15F2NO2/c15-11(16)8-3-1-2-4-9(8)13-5-14(6-13,7-13)10(17)12(18)19/h1-4,10-11H,5-7,17H2,(H,18,19). The van der Waals surface area contributed by atoms with Gasteiger partial charge in [0.25, 0.3) is 6.43 Å². The van der Waals surface area contributed by atoms with Crippen LogP contribution in [0.25, 0.3) is 0 Å². The number of carbonyl (C=O) groups is 1. The van der Waals surface area contributed by atoms with Crippen LogP contribution in [0.3, 0.4) is 0 Å². The van der Waals surface area contributed by atoms with Crippen molar-refractivity contribution in [1.29, 1.82) is 0 Å². The summed E-state index contributed by atoms with van der Waals surface area (Å²) in [6.07, 6.45) is -0.666. The summed E-state index contributed by atoms with van der Waals surface area (Å²) in [5, 5.41) is 8.96. The highest BCUT2D eigenvalue weighted by atomic mass is 19.3. The molecule has 0 aromatic heterocycles. The average Bonchev–Trinajstić information content (AvgIpc) is 2.25. The fraction of sp³-hybridized carbons (Fsp3) is 0.500. The molecular weight excluding hydrogens is 252 g/mol. The monoisotopic (exact) mass is 267 g/mol. The van der Waals surface area contributed by atoms with Crippen molar-refractivity contribution >= 4 is 5.97 Å². The van der Waals surface area contributed by atoms with Crippen molar-refractivity contribution < 1.29 is 18.7 Å². The molecule has 3 N–H and O–H groups in total. The molecule has 0 amide bonds. The maximum Gasteiger partial charge on any atom is 0.321 e. The van der Waals surface area contributed by atoms with Crippen molar-refractivity contribution in [3.05, 3.63) is 35.4 Å². The number of hydrogen-bond acceptors (Lipinski definition) is 2. The lowest BCUT2D eigenvalue weighted by molar-refractivity contribution is -0.179. The predicted molar refractivity (Wildman–Crippen MR) is 65.0 cm³/mol. The Morgan fingerprint density at radius 1 is 1.26 bits per heavy atom. The Balaban J connectivity index is 1.84. The average molecular weight is 267 g/mol. The van der Waals surface area contributed by atoms with Gasteiger partial charge >= 0.3 is 5.97 Å². The van der Waals surface area contributed by atoms with Crippen molar-refractivity contribution in [3.63, 3.8) is 0 Å². The van der Waals surface area contributed by atoms with Crippen LogP contribution >= 0.6 is 0 Å². The van der Waals surface area contributed by atoms with E-state index >= 15 is 0 Å². The van der Waals surface area contributed by atoms with Crippen LogP contribution in [0, 0.1) is 5.41 Å². The van der Waals surface area contributed by atoms with E-state index in [0.29, 0.717) is 24.8 Å². The highest BCUT2D eigenvalue weighted by molar-refractivity contribution is 5.76. The number of aliphatic carboxylic acids is 1. The van der Waals surface area contributed by atoms with Gasteiger partial charge in [-0.1, -0.05) is 24.3 Å². The van der Waals surface area contributed by atoms with E-state index in [1.807, 2.05) is 0 Å². The first-order valence-electron chi connectivity index (χ1n) is 6.26. The normalized spacial score (nSPS) is 33.5. The van der Waals surface area contributed by atoms with Gasteiger partial charge in [-0.15, -0.1) is 0 Å². The SMILES string of the molecule is NC(C(=O)O)C12CC(c3ccccc3C(F)F)(C1)C2. The van der Waals surface area contributed by atoms with Crippen LogP contribution in [0.2, 0.25) is 0 Å². The van der Waals surface area contributed by atoms with Crippen LogP contribution in [0.4, 0.5) is 8.78 Å². The summed E-state index contributed by atoms with van der Waals surface area (Å²) < 4.78 is 26.0. The third kappa shape index (κ3) is 1.54.